The summed E-state index contributed by atoms with van der Waals surface area (Å²) in [6.45, 7) is 4.69. The third kappa shape index (κ3) is 4.20. The lowest BCUT2D eigenvalue weighted by molar-refractivity contribution is -0.127. The fourth-order valence-corrected chi connectivity index (χ4v) is 4.59. The maximum absolute atomic E-state index is 13.3. The molecule has 0 aliphatic carbocycles. The van der Waals surface area contributed by atoms with Gasteiger partial charge in [-0.05, 0) is 81.8 Å². The number of rotatable bonds is 4. The summed E-state index contributed by atoms with van der Waals surface area (Å²) in [4.78, 5) is 30.6. The third-order valence-corrected chi connectivity index (χ3v) is 6.49. The van der Waals surface area contributed by atoms with Gasteiger partial charge in [0.1, 0.15) is 5.54 Å². The highest BCUT2D eigenvalue weighted by atomic mass is 16.2. The summed E-state index contributed by atoms with van der Waals surface area (Å²) in [7, 11) is 0. The van der Waals surface area contributed by atoms with Crippen LogP contribution < -0.4 is 10.2 Å². The fourth-order valence-electron chi connectivity index (χ4n) is 4.59. The maximum Gasteiger partial charge on any atom is 0.254 e. The van der Waals surface area contributed by atoms with Gasteiger partial charge in [-0.2, -0.15) is 0 Å². The van der Waals surface area contributed by atoms with E-state index in [9.17, 15) is 9.59 Å². The van der Waals surface area contributed by atoms with Gasteiger partial charge in [-0.1, -0.05) is 18.2 Å². The molecule has 0 saturated carbocycles. The predicted molar refractivity (Wildman–Crippen MR) is 121 cm³/mol. The van der Waals surface area contributed by atoms with Crippen LogP contribution in [-0.2, 0) is 4.79 Å². The Balaban J connectivity index is 1.48. The number of nitrogens with one attached hydrogen (secondary N) is 1. The Hall–Kier alpha value is -2.82. The van der Waals surface area contributed by atoms with E-state index in [2.05, 4.69) is 22.3 Å². The quantitative estimate of drug-likeness (QED) is 0.802. The van der Waals surface area contributed by atoms with E-state index in [0.29, 0.717) is 18.5 Å². The van der Waals surface area contributed by atoms with Gasteiger partial charge in [0.2, 0.25) is 5.91 Å². The second-order valence-electron chi connectivity index (χ2n) is 8.60. The van der Waals surface area contributed by atoms with E-state index in [1.165, 1.54) is 24.9 Å². The van der Waals surface area contributed by atoms with Gasteiger partial charge in [-0.15, -0.1) is 0 Å². The Morgan fingerprint density at radius 2 is 1.50 bits per heavy atom. The molecule has 2 aromatic rings. The Labute approximate surface area is 179 Å². The highest BCUT2D eigenvalue weighted by Gasteiger charge is 2.44. The molecule has 0 aromatic heterocycles. The monoisotopic (exact) mass is 405 g/mol. The van der Waals surface area contributed by atoms with Crippen molar-refractivity contribution >= 4 is 23.2 Å². The smallest absolute Gasteiger partial charge is 0.254 e. The molecular formula is C25H31N3O2. The first-order valence-electron chi connectivity index (χ1n) is 11.1. The molecule has 4 rings (SSSR count). The molecular weight excluding hydrogens is 374 g/mol. The summed E-state index contributed by atoms with van der Waals surface area (Å²) in [5, 5.41) is 3.07. The molecule has 1 atom stereocenters. The zero-order valence-corrected chi connectivity index (χ0v) is 17.8. The highest BCUT2D eigenvalue weighted by molar-refractivity contribution is 6.03. The van der Waals surface area contributed by atoms with Crippen molar-refractivity contribution in [1.29, 1.82) is 0 Å². The van der Waals surface area contributed by atoms with Crippen LogP contribution in [0.25, 0.3) is 0 Å². The Kier molecular flexibility index (Phi) is 6.07. The maximum atomic E-state index is 13.3. The molecule has 158 valence electrons. The molecule has 30 heavy (non-hydrogen) atoms. The van der Waals surface area contributed by atoms with Crippen LogP contribution in [0.1, 0.15) is 55.8 Å². The van der Waals surface area contributed by atoms with E-state index in [-0.39, 0.29) is 11.8 Å². The number of amides is 2. The standard InChI is InChI=1S/C25H31N3O2/c1-25(16-6-9-19-28(25)23(29)20-10-4-2-5-11-20)24(30)26-21-12-14-22(15-13-21)27-17-7-3-8-18-27/h2,4-5,10-15H,3,6-9,16-19H2,1H3,(H,26,30)/t25-/m0/s1. The molecule has 0 radical (unpaired) electrons. The van der Waals surface area contributed by atoms with E-state index in [4.69, 9.17) is 0 Å². The van der Waals surface area contributed by atoms with Gasteiger partial charge >= 0.3 is 0 Å². The van der Waals surface area contributed by atoms with Crippen LogP contribution in [0.2, 0.25) is 0 Å². The van der Waals surface area contributed by atoms with Crippen molar-refractivity contribution in [2.24, 2.45) is 0 Å². The molecule has 2 aliphatic heterocycles. The second kappa shape index (κ2) is 8.90. The molecule has 2 aliphatic rings. The van der Waals surface area contributed by atoms with Crippen LogP contribution in [0.4, 0.5) is 11.4 Å². The number of likely N-dealkylation sites (tertiary alicyclic amines) is 1. The van der Waals surface area contributed by atoms with Gasteiger partial charge in [-0.25, -0.2) is 0 Å². The number of hydrogen-bond donors (Lipinski definition) is 1. The molecule has 5 nitrogen and oxygen atoms in total. The first kappa shape index (κ1) is 20.5. The lowest BCUT2D eigenvalue weighted by Crippen LogP contribution is -2.59. The SMILES string of the molecule is C[C@@]1(C(=O)Nc2ccc(N3CCCCC3)cc2)CCCCN1C(=O)c1ccccc1. The van der Waals surface area contributed by atoms with Gasteiger partial charge in [0.05, 0.1) is 0 Å². The topological polar surface area (TPSA) is 52.7 Å². The zero-order chi connectivity index (χ0) is 21.0. The van der Waals surface area contributed by atoms with Crippen molar-refractivity contribution < 1.29 is 9.59 Å². The predicted octanol–water partition coefficient (Wildman–Crippen LogP) is 4.70. The Morgan fingerprint density at radius 1 is 0.833 bits per heavy atom. The van der Waals surface area contributed by atoms with Crippen molar-refractivity contribution in [2.75, 3.05) is 29.9 Å². The molecule has 0 spiro atoms. The average molecular weight is 406 g/mol. The first-order valence-corrected chi connectivity index (χ1v) is 11.1. The normalized spacial score (nSPS) is 21.9. The number of hydrogen-bond acceptors (Lipinski definition) is 3. The molecule has 2 aromatic carbocycles. The summed E-state index contributed by atoms with van der Waals surface area (Å²) in [5.74, 6) is -0.189. The average Bonchev–Trinajstić information content (AvgIpc) is 2.80. The molecule has 1 N–H and O–H groups in total. The molecule has 2 fully saturated rings. The van der Waals surface area contributed by atoms with Crippen LogP contribution in [0.15, 0.2) is 54.6 Å². The minimum atomic E-state index is -0.850. The number of carbonyl (C=O) groups is 2. The lowest BCUT2D eigenvalue weighted by atomic mass is 9.86. The first-order chi connectivity index (χ1) is 14.6. The lowest BCUT2D eigenvalue weighted by Gasteiger charge is -2.43. The second-order valence-corrected chi connectivity index (χ2v) is 8.60. The Morgan fingerprint density at radius 3 is 2.20 bits per heavy atom. The van der Waals surface area contributed by atoms with Crippen LogP contribution in [0.3, 0.4) is 0 Å². The molecule has 2 heterocycles. The zero-order valence-electron chi connectivity index (χ0n) is 17.8. The fraction of sp³-hybridized carbons (Fsp3) is 0.440. The van der Waals surface area contributed by atoms with E-state index in [0.717, 1.165) is 31.6 Å². The minimum absolute atomic E-state index is 0.0756. The number of anilines is 2. The largest absolute Gasteiger partial charge is 0.372 e. The number of benzene rings is 2. The van der Waals surface area contributed by atoms with Gasteiger partial charge in [0.25, 0.3) is 5.91 Å². The molecule has 0 bridgehead atoms. The molecule has 5 heteroatoms. The summed E-state index contributed by atoms with van der Waals surface area (Å²) < 4.78 is 0. The van der Waals surface area contributed by atoms with Crippen LogP contribution in [0.5, 0.6) is 0 Å². The number of carbonyl (C=O) groups excluding carboxylic acids is 2. The van der Waals surface area contributed by atoms with Gasteiger partial charge in [0.15, 0.2) is 0 Å². The minimum Gasteiger partial charge on any atom is -0.372 e. The van der Waals surface area contributed by atoms with Crippen molar-refractivity contribution in [2.45, 2.75) is 51.0 Å². The van der Waals surface area contributed by atoms with Gasteiger partial charge in [0, 0.05) is 36.6 Å². The van der Waals surface area contributed by atoms with Crippen molar-refractivity contribution in [3.63, 3.8) is 0 Å². The number of piperidine rings is 2. The number of nitrogens with zero attached hydrogens (tertiary/aromatic N) is 2. The third-order valence-electron chi connectivity index (χ3n) is 6.49. The van der Waals surface area contributed by atoms with Gasteiger partial charge < -0.3 is 15.1 Å². The van der Waals surface area contributed by atoms with E-state index >= 15 is 0 Å². The summed E-state index contributed by atoms with van der Waals surface area (Å²) in [6, 6.07) is 17.3. The van der Waals surface area contributed by atoms with Crippen LogP contribution >= 0.6 is 0 Å². The summed E-state index contributed by atoms with van der Waals surface area (Å²) in [6.07, 6.45) is 6.32. The highest BCUT2D eigenvalue weighted by Crippen LogP contribution is 2.31. The summed E-state index contributed by atoms with van der Waals surface area (Å²) in [5.41, 5.74) is 1.76. The summed E-state index contributed by atoms with van der Waals surface area (Å²) >= 11 is 0. The van der Waals surface area contributed by atoms with E-state index in [1.54, 1.807) is 4.90 Å². The van der Waals surface area contributed by atoms with Crippen molar-refractivity contribution in [3.8, 4) is 0 Å². The molecule has 2 amide bonds. The van der Waals surface area contributed by atoms with E-state index in [1.807, 2.05) is 49.4 Å². The van der Waals surface area contributed by atoms with Crippen molar-refractivity contribution in [3.05, 3.63) is 60.2 Å². The molecule has 0 unspecified atom stereocenters. The molecule has 2 saturated heterocycles. The van der Waals surface area contributed by atoms with Crippen LogP contribution in [0, 0.1) is 0 Å². The van der Waals surface area contributed by atoms with Crippen molar-refractivity contribution in [1.82, 2.24) is 4.90 Å². The van der Waals surface area contributed by atoms with Gasteiger partial charge in [-0.3, -0.25) is 9.59 Å². The van der Waals surface area contributed by atoms with Crippen LogP contribution in [-0.4, -0.2) is 41.9 Å². The van der Waals surface area contributed by atoms with E-state index < -0.39 is 5.54 Å². The Bertz CT molecular complexity index is 875.